The third-order valence-electron chi connectivity index (χ3n) is 5.91. The standard InChI is InChI=1S/C24H42N4O3S/c1-2-3-10-13-19(29)16-17-22(30)28-25-18-23(31)27-24-26-20-14-11-8-6-4-5-7-9-12-15-21(20)32-24/h19,25,29H,2-18H2,1H3,(H,28,30)(H,26,27,31). The van der Waals surface area contributed by atoms with Crippen LogP contribution in [0.1, 0.15) is 107 Å². The maximum Gasteiger partial charge on any atom is 0.241 e. The number of carbonyl (C=O) groups is 2. The molecule has 1 aromatic rings. The minimum Gasteiger partial charge on any atom is -0.393 e. The number of thiazole rings is 1. The number of amides is 2. The molecule has 1 aliphatic carbocycles. The van der Waals surface area contributed by atoms with Crippen molar-refractivity contribution in [2.45, 2.75) is 116 Å². The van der Waals surface area contributed by atoms with Crippen molar-refractivity contribution in [2.75, 3.05) is 11.9 Å². The summed E-state index contributed by atoms with van der Waals surface area (Å²) in [6.07, 6.45) is 16.3. The van der Waals surface area contributed by atoms with E-state index in [1.54, 1.807) is 11.3 Å². The number of unbranched alkanes of at least 4 members (excludes halogenated alkanes) is 2. The fourth-order valence-electron chi connectivity index (χ4n) is 3.99. The molecule has 1 unspecified atom stereocenters. The number of aliphatic hydroxyl groups excluding tert-OH is 1. The molecule has 0 fully saturated rings. The Morgan fingerprint density at radius 2 is 1.66 bits per heavy atom. The molecule has 7 nitrogen and oxygen atoms in total. The average molecular weight is 467 g/mol. The Bertz CT molecular complexity index is 651. The van der Waals surface area contributed by atoms with Crippen LogP contribution in [0.15, 0.2) is 0 Å². The number of nitrogens with one attached hydrogen (secondary N) is 3. The number of nitrogens with zero attached hydrogens (tertiary/aromatic N) is 1. The van der Waals surface area contributed by atoms with E-state index in [0.717, 1.165) is 50.6 Å². The molecule has 8 heteroatoms. The summed E-state index contributed by atoms with van der Waals surface area (Å²) in [7, 11) is 0. The summed E-state index contributed by atoms with van der Waals surface area (Å²) >= 11 is 1.59. The minimum atomic E-state index is -0.442. The van der Waals surface area contributed by atoms with Gasteiger partial charge in [-0.3, -0.25) is 15.0 Å². The zero-order valence-corrected chi connectivity index (χ0v) is 20.5. The number of aliphatic hydroxyl groups is 1. The number of aryl methyl sites for hydroxylation is 2. The lowest BCUT2D eigenvalue weighted by Crippen LogP contribution is -2.42. The zero-order valence-electron chi connectivity index (χ0n) is 19.7. The molecule has 1 atom stereocenters. The molecule has 2 rings (SSSR count). The van der Waals surface area contributed by atoms with Gasteiger partial charge in [-0.15, -0.1) is 11.3 Å². The van der Waals surface area contributed by atoms with Crippen LogP contribution in [0.5, 0.6) is 0 Å². The predicted octanol–water partition coefficient (Wildman–Crippen LogP) is 4.64. The molecule has 182 valence electrons. The van der Waals surface area contributed by atoms with Gasteiger partial charge in [-0.1, -0.05) is 64.7 Å². The number of rotatable bonds is 11. The maximum atomic E-state index is 12.3. The van der Waals surface area contributed by atoms with Gasteiger partial charge in [-0.05, 0) is 38.5 Å². The van der Waals surface area contributed by atoms with Crippen molar-refractivity contribution in [2.24, 2.45) is 0 Å². The molecular weight excluding hydrogens is 424 g/mol. The summed E-state index contributed by atoms with van der Waals surface area (Å²) in [5.41, 5.74) is 6.36. The van der Waals surface area contributed by atoms with Gasteiger partial charge in [0.25, 0.3) is 0 Å². The topological polar surface area (TPSA) is 103 Å². The Labute approximate surface area is 197 Å². The molecule has 4 N–H and O–H groups in total. The lowest BCUT2D eigenvalue weighted by atomic mass is 10.0. The first-order valence-electron chi connectivity index (χ1n) is 12.6. The van der Waals surface area contributed by atoms with Crippen LogP contribution < -0.4 is 16.2 Å². The van der Waals surface area contributed by atoms with Gasteiger partial charge in [0.05, 0.1) is 18.3 Å². The molecule has 0 aromatic carbocycles. The van der Waals surface area contributed by atoms with Crippen LogP contribution in [0, 0.1) is 0 Å². The second-order valence-corrected chi connectivity index (χ2v) is 9.94. The minimum absolute atomic E-state index is 0.0188. The first-order valence-corrected chi connectivity index (χ1v) is 13.4. The van der Waals surface area contributed by atoms with Gasteiger partial charge in [-0.25, -0.2) is 10.4 Å². The van der Waals surface area contributed by atoms with Gasteiger partial charge >= 0.3 is 0 Å². The summed E-state index contributed by atoms with van der Waals surface area (Å²) in [6, 6.07) is 0. The summed E-state index contributed by atoms with van der Waals surface area (Å²) in [4.78, 5) is 30.1. The van der Waals surface area contributed by atoms with Crippen LogP contribution >= 0.6 is 11.3 Å². The SMILES string of the molecule is CCCCCC(O)CCC(=O)NNCC(=O)Nc1nc2c(s1)CCCCCCCCCC2. The molecular formula is C24H42N4O3S. The monoisotopic (exact) mass is 466 g/mol. The van der Waals surface area contributed by atoms with E-state index in [1.165, 1.54) is 49.8 Å². The van der Waals surface area contributed by atoms with E-state index in [9.17, 15) is 14.7 Å². The summed E-state index contributed by atoms with van der Waals surface area (Å²) in [6.45, 7) is 2.10. The Balaban J connectivity index is 1.69. The molecule has 0 spiro atoms. The number of anilines is 1. The number of fused-ring (bicyclic) bond motifs is 1. The fourth-order valence-corrected chi connectivity index (χ4v) is 5.05. The molecule has 0 aliphatic heterocycles. The number of hydrogen-bond donors (Lipinski definition) is 4. The van der Waals surface area contributed by atoms with Crippen molar-refractivity contribution in [1.82, 2.24) is 15.8 Å². The van der Waals surface area contributed by atoms with Crippen LogP contribution in [0.3, 0.4) is 0 Å². The molecule has 0 saturated heterocycles. The lowest BCUT2D eigenvalue weighted by Gasteiger charge is -2.10. The van der Waals surface area contributed by atoms with Gasteiger partial charge < -0.3 is 10.4 Å². The molecule has 0 bridgehead atoms. The zero-order chi connectivity index (χ0) is 23.0. The summed E-state index contributed by atoms with van der Waals surface area (Å²) in [5, 5.41) is 13.4. The Kier molecular flexibility index (Phi) is 13.5. The molecule has 0 saturated carbocycles. The smallest absolute Gasteiger partial charge is 0.241 e. The normalized spacial score (nSPS) is 16.3. The van der Waals surface area contributed by atoms with E-state index >= 15 is 0 Å². The van der Waals surface area contributed by atoms with E-state index in [0.29, 0.717) is 11.6 Å². The van der Waals surface area contributed by atoms with Crippen molar-refractivity contribution < 1.29 is 14.7 Å². The van der Waals surface area contributed by atoms with E-state index in [-0.39, 0.29) is 24.8 Å². The Morgan fingerprint density at radius 3 is 2.38 bits per heavy atom. The highest BCUT2D eigenvalue weighted by Crippen LogP contribution is 2.27. The van der Waals surface area contributed by atoms with Crippen molar-refractivity contribution in [1.29, 1.82) is 0 Å². The number of carbonyl (C=O) groups excluding carboxylic acids is 2. The summed E-state index contributed by atoms with van der Waals surface area (Å²) in [5.74, 6) is -0.446. The van der Waals surface area contributed by atoms with E-state index in [1.807, 2.05) is 0 Å². The largest absolute Gasteiger partial charge is 0.393 e. The maximum absolute atomic E-state index is 12.3. The second kappa shape index (κ2) is 16.2. The molecule has 0 radical (unpaired) electrons. The van der Waals surface area contributed by atoms with Gasteiger partial charge in [0, 0.05) is 11.3 Å². The first-order chi connectivity index (χ1) is 15.6. The van der Waals surface area contributed by atoms with Crippen LogP contribution in [-0.2, 0) is 22.4 Å². The van der Waals surface area contributed by atoms with Crippen LogP contribution in [0.4, 0.5) is 5.13 Å². The average Bonchev–Trinajstić information content (AvgIpc) is 3.13. The number of hydrogen-bond acceptors (Lipinski definition) is 6. The molecule has 32 heavy (non-hydrogen) atoms. The third-order valence-corrected chi connectivity index (χ3v) is 6.99. The van der Waals surface area contributed by atoms with E-state index < -0.39 is 6.10 Å². The van der Waals surface area contributed by atoms with Crippen molar-refractivity contribution in [3.63, 3.8) is 0 Å². The van der Waals surface area contributed by atoms with Crippen LogP contribution in [-0.4, -0.2) is 34.6 Å². The van der Waals surface area contributed by atoms with Crippen molar-refractivity contribution in [3.8, 4) is 0 Å². The van der Waals surface area contributed by atoms with Gasteiger partial charge in [-0.2, -0.15) is 0 Å². The van der Waals surface area contributed by atoms with Gasteiger partial charge in [0.15, 0.2) is 5.13 Å². The highest BCUT2D eigenvalue weighted by molar-refractivity contribution is 7.15. The first kappa shape index (κ1) is 26.7. The Hall–Kier alpha value is -1.51. The van der Waals surface area contributed by atoms with E-state index in [2.05, 4.69) is 28.1 Å². The van der Waals surface area contributed by atoms with Crippen LogP contribution in [0.2, 0.25) is 0 Å². The van der Waals surface area contributed by atoms with Gasteiger partial charge in [0.1, 0.15) is 0 Å². The van der Waals surface area contributed by atoms with Crippen molar-refractivity contribution in [3.05, 3.63) is 10.6 Å². The van der Waals surface area contributed by atoms with Crippen LogP contribution in [0.25, 0.3) is 0 Å². The third kappa shape index (κ3) is 11.4. The van der Waals surface area contributed by atoms with Crippen molar-refractivity contribution >= 4 is 28.3 Å². The lowest BCUT2D eigenvalue weighted by molar-refractivity contribution is -0.123. The number of aromatic nitrogens is 1. The number of hydrazine groups is 1. The quantitative estimate of drug-likeness (QED) is 0.281. The molecule has 1 aromatic heterocycles. The molecule has 1 heterocycles. The molecule has 2 amide bonds. The highest BCUT2D eigenvalue weighted by atomic mass is 32.1. The summed E-state index contributed by atoms with van der Waals surface area (Å²) < 4.78 is 0. The predicted molar refractivity (Wildman–Crippen MR) is 131 cm³/mol. The van der Waals surface area contributed by atoms with E-state index in [4.69, 9.17) is 0 Å². The molecule has 1 aliphatic rings. The van der Waals surface area contributed by atoms with Gasteiger partial charge in [0.2, 0.25) is 11.8 Å². The highest BCUT2D eigenvalue weighted by Gasteiger charge is 2.14. The fraction of sp³-hybridized carbons (Fsp3) is 0.792. The Morgan fingerprint density at radius 1 is 0.969 bits per heavy atom. The second-order valence-electron chi connectivity index (χ2n) is 8.86.